The lowest BCUT2D eigenvalue weighted by Gasteiger charge is -2.13. The number of hydrogen-bond donors (Lipinski definition) is 1. The third-order valence-corrected chi connectivity index (χ3v) is 4.43. The Kier molecular flexibility index (Phi) is 4.61. The lowest BCUT2D eigenvalue weighted by Crippen LogP contribution is -2.18. The van der Waals surface area contributed by atoms with Crippen LogP contribution < -0.4 is 10.1 Å². The van der Waals surface area contributed by atoms with Crippen molar-refractivity contribution in [1.82, 2.24) is 5.32 Å². The lowest BCUT2D eigenvalue weighted by molar-refractivity contribution is 0.306. The van der Waals surface area contributed by atoms with Crippen molar-refractivity contribution in [2.45, 2.75) is 32.4 Å². The highest BCUT2D eigenvalue weighted by Gasteiger charge is 2.21. The van der Waals surface area contributed by atoms with E-state index in [2.05, 4.69) is 58.5 Å². The van der Waals surface area contributed by atoms with E-state index in [-0.39, 0.29) is 0 Å². The summed E-state index contributed by atoms with van der Waals surface area (Å²) in [5.74, 6) is 0.964. The van der Waals surface area contributed by atoms with Crippen LogP contribution in [0.15, 0.2) is 46.9 Å². The lowest BCUT2D eigenvalue weighted by atomic mass is 10.1. The first-order valence-corrected chi connectivity index (χ1v) is 8.29. The molecule has 1 N–H and O–H groups in total. The average Bonchev–Trinajstić information content (AvgIpc) is 2.88. The van der Waals surface area contributed by atoms with Crippen molar-refractivity contribution in [3.63, 3.8) is 0 Å². The molecule has 0 saturated heterocycles. The Bertz CT molecular complexity index is 626. The molecule has 2 aromatic carbocycles. The predicted octanol–water partition coefficient (Wildman–Crippen LogP) is 4.62. The minimum Gasteiger partial charge on any atom is -0.489 e. The molecule has 0 bridgehead atoms. The highest BCUT2D eigenvalue weighted by molar-refractivity contribution is 9.10. The zero-order valence-corrected chi connectivity index (χ0v) is 13.8. The topological polar surface area (TPSA) is 21.3 Å². The van der Waals surface area contributed by atoms with Crippen LogP contribution in [-0.2, 0) is 13.0 Å². The third kappa shape index (κ3) is 3.47. The largest absolute Gasteiger partial charge is 0.489 e. The Morgan fingerprint density at radius 3 is 2.95 bits per heavy atom. The monoisotopic (exact) mass is 345 g/mol. The van der Waals surface area contributed by atoms with Crippen LogP contribution in [0.4, 0.5) is 0 Å². The maximum atomic E-state index is 5.93. The molecule has 2 nitrogen and oxygen atoms in total. The second-order valence-corrected chi connectivity index (χ2v) is 6.34. The molecule has 1 unspecified atom stereocenters. The standard InChI is InChI=1S/C18H20BrNO/c1-2-20-18-9-6-14-11-16(7-8-17(14)18)21-12-13-4-3-5-15(19)10-13/h3-5,7-8,10-11,18,20H,2,6,9,12H2,1H3. The summed E-state index contributed by atoms with van der Waals surface area (Å²) in [4.78, 5) is 0. The van der Waals surface area contributed by atoms with E-state index in [4.69, 9.17) is 4.74 Å². The highest BCUT2D eigenvalue weighted by Crippen LogP contribution is 2.33. The molecule has 0 aromatic heterocycles. The number of aryl methyl sites for hydroxylation is 1. The van der Waals surface area contributed by atoms with Crippen LogP contribution in [0.2, 0.25) is 0 Å². The van der Waals surface area contributed by atoms with Gasteiger partial charge in [0, 0.05) is 10.5 Å². The number of nitrogens with one attached hydrogen (secondary N) is 1. The van der Waals surface area contributed by atoms with E-state index in [9.17, 15) is 0 Å². The molecule has 21 heavy (non-hydrogen) atoms. The number of ether oxygens (including phenoxy) is 1. The molecule has 0 radical (unpaired) electrons. The molecule has 0 heterocycles. The maximum Gasteiger partial charge on any atom is 0.120 e. The van der Waals surface area contributed by atoms with Gasteiger partial charge in [0.2, 0.25) is 0 Å². The maximum absolute atomic E-state index is 5.93. The molecule has 0 aliphatic heterocycles. The van der Waals surface area contributed by atoms with Crippen LogP contribution in [0.3, 0.4) is 0 Å². The summed E-state index contributed by atoms with van der Waals surface area (Å²) in [5.41, 5.74) is 4.04. The normalized spacial score (nSPS) is 16.8. The summed E-state index contributed by atoms with van der Waals surface area (Å²) in [5, 5.41) is 3.54. The zero-order valence-electron chi connectivity index (χ0n) is 12.2. The first-order valence-electron chi connectivity index (χ1n) is 7.49. The Balaban J connectivity index is 1.68. The predicted molar refractivity (Wildman–Crippen MR) is 89.7 cm³/mol. The molecule has 3 rings (SSSR count). The van der Waals surface area contributed by atoms with Crippen LogP contribution in [0.25, 0.3) is 0 Å². The number of fused-ring (bicyclic) bond motifs is 1. The fourth-order valence-electron chi connectivity index (χ4n) is 2.94. The van der Waals surface area contributed by atoms with E-state index >= 15 is 0 Å². The second-order valence-electron chi connectivity index (χ2n) is 5.43. The Morgan fingerprint density at radius 1 is 1.24 bits per heavy atom. The quantitative estimate of drug-likeness (QED) is 0.853. The van der Waals surface area contributed by atoms with E-state index in [0.717, 1.165) is 23.2 Å². The molecule has 2 aromatic rings. The van der Waals surface area contributed by atoms with Gasteiger partial charge in [0.05, 0.1) is 0 Å². The van der Waals surface area contributed by atoms with Gasteiger partial charge >= 0.3 is 0 Å². The Labute approximate surface area is 134 Å². The third-order valence-electron chi connectivity index (χ3n) is 3.94. The highest BCUT2D eigenvalue weighted by atomic mass is 79.9. The minimum absolute atomic E-state index is 0.518. The van der Waals surface area contributed by atoms with Crippen molar-refractivity contribution in [3.8, 4) is 5.75 Å². The van der Waals surface area contributed by atoms with Gasteiger partial charge in [-0.2, -0.15) is 0 Å². The number of benzene rings is 2. The van der Waals surface area contributed by atoms with Gasteiger partial charge in [-0.1, -0.05) is 41.1 Å². The second kappa shape index (κ2) is 6.63. The Hall–Kier alpha value is -1.32. The summed E-state index contributed by atoms with van der Waals surface area (Å²) in [6.45, 7) is 3.79. The molecule has 1 atom stereocenters. The number of halogens is 1. The van der Waals surface area contributed by atoms with Crippen LogP contribution in [0.1, 0.15) is 36.1 Å². The molecule has 1 aliphatic rings. The molecular formula is C18H20BrNO. The fourth-order valence-corrected chi connectivity index (χ4v) is 3.38. The number of hydrogen-bond acceptors (Lipinski definition) is 2. The van der Waals surface area contributed by atoms with E-state index in [0.29, 0.717) is 12.6 Å². The van der Waals surface area contributed by atoms with Crippen LogP contribution in [-0.4, -0.2) is 6.54 Å². The minimum atomic E-state index is 0.518. The summed E-state index contributed by atoms with van der Waals surface area (Å²) in [6.07, 6.45) is 2.33. The number of rotatable bonds is 5. The molecule has 1 aliphatic carbocycles. The molecule has 0 spiro atoms. The van der Waals surface area contributed by atoms with Crippen LogP contribution in [0, 0.1) is 0 Å². The van der Waals surface area contributed by atoms with E-state index in [1.54, 1.807) is 0 Å². The van der Waals surface area contributed by atoms with Crippen molar-refractivity contribution in [1.29, 1.82) is 0 Å². The van der Waals surface area contributed by atoms with Gasteiger partial charge < -0.3 is 10.1 Å². The van der Waals surface area contributed by atoms with Crippen molar-refractivity contribution in [2.24, 2.45) is 0 Å². The SMILES string of the molecule is CCNC1CCc2cc(OCc3cccc(Br)c3)ccc21. The summed E-state index contributed by atoms with van der Waals surface area (Å²) in [6, 6.07) is 15.3. The first-order chi connectivity index (χ1) is 10.3. The van der Waals surface area contributed by atoms with E-state index < -0.39 is 0 Å². The molecule has 110 valence electrons. The molecule has 0 amide bonds. The summed E-state index contributed by atoms with van der Waals surface area (Å²) >= 11 is 3.49. The van der Waals surface area contributed by atoms with Gasteiger partial charge in [-0.05, 0) is 60.3 Å². The summed E-state index contributed by atoms with van der Waals surface area (Å²) < 4.78 is 7.02. The van der Waals surface area contributed by atoms with Gasteiger partial charge in [0.15, 0.2) is 0 Å². The van der Waals surface area contributed by atoms with Gasteiger partial charge in [-0.3, -0.25) is 0 Å². The van der Waals surface area contributed by atoms with Crippen LogP contribution in [0.5, 0.6) is 5.75 Å². The molecular weight excluding hydrogens is 326 g/mol. The smallest absolute Gasteiger partial charge is 0.120 e. The van der Waals surface area contributed by atoms with Crippen molar-refractivity contribution < 1.29 is 4.74 Å². The van der Waals surface area contributed by atoms with E-state index in [1.807, 2.05) is 12.1 Å². The summed E-state index contributed by atoms with van der Waals surface area (Å²) in [7, 11) is 0. The average molecular weight is 346 g/mol. The molecule has 0 saturated carbocycles. The van der Waals surface area contributed by atoms with Crippen molar-refractivity contribution in [2.75, 3.05) is 6.54 Å². The zero-order chi connectivity index (χ0) is 14.7. The van der Waals surface area contributed by atoms with Crippen LogP contribution >= 0.6 is 15.9 Å². The van der Waals surface area contributed by atoms with Gasteiger partial charge in [-0.15, -0.1) is 0 Å². The van der Waals surface area contributed by atoms with Gasteiger partial charge in [-0.25, -0.2) is 0 Å². The van der Waals surface area contributed by atoms with Crippen molar-refractivity contribution >= 4 is 15.9 Å². The molecule has 3 heteroatoms. The first kappa shape index (κ1) is 14.6. The van der Waals surface area contributed by atoms with E-state index in [1.165, 1.54) is 23.1 Å². The van der Waals surface area contributed by atoms with Gasteiger partial charge in [0.25, 0.3) is 0 Å². The van der Waals surface area contributed by atoms with Crippen molar-refractivity contribution in [3.05, 3.63) is 63.6 Å². The van der Waals surface area contributed by atoms with Gasteiger partial charge in [0.1, 0.15) is 12.4 Å². The fraction of sp³-hybridized carbons (Fsp3) is 0.333. The Morgan fingerprint density at radius 2 is 2.14 bits per heavy atom. The molecule has 0 fully saturated rings.